The van der Waals surface area contributed by atoms with Crippen LogP contribution in [0.15, 0.2) is 0 Å². The van der Waals surface area contributed by atoms with E-state index in [0.29, 0.717) is 0 Å². The van der Waals surface area contributed by atoms with E-state index in [9.17, 15) is 0 Å². The normalized spacial score (nSPS) is 11.8. The molecule has 0 heterocycles. The van der Waals surface area contributed by atoms with Crippen molar-refractivity contribution in [3.05, 3.63) is 0 Å². The van der Waals surface area contributed by atoms with Crippen molar-refractivity contribution < 1.29 is 0 Å². The van der Waals surface area contributed by atoms with Gasteiger partial charge in [-0.15, -0.1) is 0 Å². The van der Waals surface area contributed by atoms with Crippen molar-refractivity contribution in [2.45, 2.75) is 163 Å². The zero-order valence-corrected chi connectivity index (χ0v) is 22.0. The Labute approximate surface area is 193 Å². The molecule has 0 fully saturated rings. The monoisotopic (exact) mass is 423 g/mol. The second-order valence-corrected chi connectivity index (χ2v) is 10.4. The smallest absolute Gasteiger partial charge is 0.00187 e. The van der Waals surface area contributed by atoms with Crippen LogP contribution in [0.5, 0.6) is 0 Å². The lowest BCUT2D eigenvalue weighted by molar-refractivity contribution is 0.254. The van der Waals surface area contributed by atoms with Crippen molar-refractivity contribution in [2.24, 2.45) is 5.92 Å². The molecule has 0 bridgehead atoms. The standard InChI is InChI=1S/C29H61N/c1-5-7-9-18-22-26-30(27-23-19-10-8-6-2)28-24-20-16-14-12-11-13-15-17-21-25-29(3)4/h29H,5-28H2,1-4H3. The molecule has 0 amide bonds. The summed E-state index contributed by atoms with van der Waals surface area (Å²) in [7, 11) is 0. The minimum atomic E-state index is 0.892. The molecule has 1 heteroatoms. The van der Waals surface area contributed by atoms with Crippen LogP contribution in [0.1, 0.15) is 163 Å². The number of unbranched alkanes of at least 4 members (excludes halogenated alkanes) is 17. The van der Waals surface area contributed by atoms with Gasteiger partial charge in [-0.1, -0.05) is 143 Å². The van der Waals surface area contributed by atoms with Gasteiger partial charge < -0.3 is 4.90 Å². The van der Waals surface area contributed by atoms with Gasteiger partial charge >= 0.3 is 0 Å². The van der Waals surface area contributed by atoms with E-state index in [4.69, 9.17) is 0 Å². The number of hydrogen-bond acceptors (Lipinski definition) is 1. The number of hydrogen-bond donors (Lipinski definition) is 0. The molecule has 0 saturated heterocycles. The molecule has 0 aromatic rings. The van der Waals surface area contributed by atoms with E-state index in [-0.39, 0.29) is 0 Å². The Hall–Kier alpha value is -0.0400. The van der Waals surface area contributed by atoms with Gasteiger partial charge in [0, 0.05) is 0 Å². The van der Waals surface area contributed by atoms with Gasteiger partial charge in [0.1, 0.15) is 0 Å². The van der Waals surface area contributed by atoms with Crippen LogP contribution in [0.2, 0.25) is 0 Å². The van der Waals surface area contributed by atoms with Crippen molar-refractivity contribution >= 4 is 0 Å². The predicted molar refractivity (Wildman–Crippen MR) is 140 cm³/mol. The number of rotatable bonds is 25. The van der Waals surface area contributed by atoms with E-state index >= 15 is 0 Å². The first-order valence-corrected chi connectivity index (χ1v) is 14.4. The van der Waals surface area contributed by atoms with Crippen LogP contribution in [0, 0.1) is 5.92 Å². The first kappa shape index (κ1) is 30.0. The van der Waals surface area contributed by atoms with E-state index in [2.05, 4.69) is 32.6 Å². The minimum absolute atomic E-state index is 0.892. The number of nitrogens with zero attached hydrogens (tertiary/aromatic N) is 1. The summed E-state index contributed by atoms with van der Waals surface area (Å²) < 4.78 is 0. The second kappa shape index (κ2) is 25.2. The fraction of sp³-hybridized carbons (Fsp3) is 1.00. The molecule has 182 valence electrons. The zero-order valence-electron chi connectivity index (χ0n) is 22.0. The van der Waals surface area contributed by atoms with Gasteiger partial charge in [-0.3, -0.25) is 0 Å². The third-order valence-electron chi connectivity index (χ3n) is 6.66. The molecule has 1 nitrogen and oxygen atoms in total. The summed E-state index contributed by atoms with van der Waals surface area (Å²) in [5, 5.41) is 0. The molecule has 0 aliphatic carbocycles. The van der Waals surface area contributed by atoms with Crippen LogP contribution < -0.4 is 0 Å². The van der Waals surface area contributed by atoms with Crippen molar-refractivity contribution in [3.63, 3.8) is 0 Å². The first-order valence-electron chi connectivity index (χ1n) is 14.4. The van der Waals surface area contributed by atoms with Crippen LogP contribution in [0.3, 0.4) is 0 Å². The van der Waals surface area contributed by atoms with E-state index in [1.54, 1.807) is 0 Å². The lowest BCUT2D eigenvalue weighted by atomic mass is 10.0. The molecule has 0 N–H and O–H groups in total. The van der Waals surface area contributed by atoms with Crippen molar-refractivity contribution in [2.75, 3.05) is 19.6 Å². The average molecular weight is 424 g/mol. The molecule has 0 aliphatic rings. The third-order valence-corrected chi connectivity index (χ3v) is 6.66. The largest absolute Gasteiger partial charge is 0.303 e. The van der Waals surface area contributed by atoms with E-state index in [1.165, 1.54) is 154 Å². The molecule has 0 unspecified atom stereocenters. The Morgan fingerprint density at radius 3 is 1.03 bits per heavy atom. The lowest BCUT2D eigenvalue weighted by Gasteiger charge is -2.22. The molecule has 0 aliphatic heterocycles. The maximum absolute atomic E-state index is 2.80. The van der Waals surface area contributed by atoms with Gasteiger partial charge in [0.15, 0.2) is 0 Å². The van der Waals surface area contributed by atoms with Gasteiger partial charge in [0.05, 0.1) is 0 Å². The first-order chi connectivity index (χ1) is 14.7. The third kappa shape index (κ3) is 24.2. The van der Waals surface area contributed by atoms with Crippen LogP contribution >= 0.6 is 0 Å². The Morgan fingerprint density at radius 2 is 0.700 bits per heavy atom. The maximum atomic E-state index is 2.80. The highest BCUT2D eigenvalue weighted by molar-refractivity contribution is 4.60. The molecule has 0 aromatic heterocycles. The Kier molecular flexibility index (Phi) is 25.2. The van der Waals surface area contributed by atoms with E-state index in [1.807, 2.05) is 0 Å². The molecular formula is C29H61N. The quantitative estimate of drug-likeness (QED) is 0.132. The molecule has 0 radical (unpaired) electrons. The summed E-state index contributed by atoms with van der Waals surface area (Å²) in [6.45, 7) is 13.4. The Bertz CT molecular complexity index is 285. The molecule has 0 saturated carbocycles. The highest BCUT2D eigenvalue weighted by Gasteiger charge is 2.05. The van der Waals surface area contributed by atoms with Crippen molar-refractivity contribution in [3.8, 4) is 0 Å². The van der Waals surface area contributed by atoms with Gasteiger partial charge in [-0.2, -0.15) is 0 Å². The van der Waals surface area contributed by atoms with E-state index < -0.39 is 0 Å². The van der Waals surface area contributed by atoms with Gasteiger partial charge in [0.25, 0.3) is 0 Å². The van der Waals surface area contributed by atoms with Crippen molar-refractivity contribution in [1.82, 2.24) is 4.90 Å². The summed E-state index contributed by atoms with van der Waals surface area (Å²) in [4.78, 5) is 2.80. The Balaban J connectivity index is 3.63. The lowest BCUT2D eigenvalue weighted by Crippen LogP contribution is -2.27. The van der Waals surface area contributed by atoms with Crippen LogP contribution in [-0.2, 0) is 0 Å². The van der Waals surface area contributed by atoms with E-state index in [0.717, 1.165) is 5.92 Å². The van der Waals surface area contributed by atoms with Gasteiger partial charge in [-0.25, -0.2) is 0 Å². The maximum Gasteiger partial charge on any atom is -0.00187 e. The van der Waals surface area contributed by atoms with Crippen LogP contribution in [0.4, 0.5) is 0 Å². The van der Waals surface area contributed by atoms with Crippen molar-refractivity contribution in [1.29, 1.82) is 0 Å². The van der Waals surface area contributed by atoms with Gasteiger partial charge in [-0.05, 0) is 44.8 Å². The molecule has 0 rings (SSSR count). The fourth-order valence-corrected chi connectivity index (χ4v) is 4.52. The second-order valence-electron chi connectivity index (χ2n) is 10.4. The molecule has 0 aromatic carbocycles. The predicted octanol–water partition coefficient (Wildman–Crippen LogP) is 10.2. The molecule has 30 heavy (non-hydrogen) atoms. The zero-order chi connectivity index (χ0) is 22.1. The highest BCUT2D eigenvalue weighted by atomic mass is 15.1. The topological polar surface area (TPSA) is 3.24 Å². The summed E-state index contributed by atoms with van der Waals surface area (Å²) >= 11 is 0. The highest BCUT2D eigenvalue weighted by Crippen LogP contribution is 2.14. The molecule has 0 spiro atoms. The molecular weight excluding hydrogens is 362 g/mol. The summed E-state index contributed by atoms with van der Waals surface area (Å²) in [5.41, 5.74) is 0. The minimum Gasteiger partial charge on any atom is -0.303 e. The summed E-state index contributed by atoms with van der Waals surface area (Å²) in [6.07, 6.45) is 30.2. The van der Waals surface area contributed by atoms with Gasteiger partial charge in [0.2, 0.25) is 0 Å². The average Bonchev–Trinajstić information content (AvgIpc) is 2.73. The van der Waals surface area contributed by atoms with Crippen LogP contribution in [0.25, 0.3) is 0 Å². The fourth-order valence-electron chi connectivity index (χ4n) is 4.52. The van der Waals surface area contributed by atoms with Crippen LogP contribution in [-0.4, -0.2) is 24.5 Å². The summed E-state index contributed by atoms with van der Waals surface area (Å²) in [6, 6.07) is 0. The summed E-state index contributed by atoms with van der Waals surface area (Å²) in [5.74, 6) is 0.892. The SMILES string of the molecule is CCCCCCCN(CCCCCCC)CCCCCCCCCCCCC(C)C. The Morgan fingerprint density at radius 1 is 0.400 bits per heavy atom. The molecule has 0 atom stereocenters.